The van der Waals surface area contributed by atoms with E-state index in [9.17, 15) is 37.7 Å². The van der Waals surface area contributed by atoms with Gasteiger partial charge in [0.05, 0.1) is 18.3 Å². The van der Waals surface area contributed by atoms with Crippen molar-refractivity contribution in [3.8, 4) is 5.75 Å². The fourth-order valence-electron chi connectivity index (χ4n) is 4.21. The first-order chi connectivity index (χ1) is 18.3. The normalized spacial score (nSPS) is 12.8. The van der Waals surface area contributed by atoms with Gasteiger partial charge in [0.2, 0.25) is 0 Å². The van der Waals surface area contributed by atoms with Crippen molar-refractivity contribution in [3.63, 3.8) is 0 Å². The highest BCUT2D eigenvalue weighted by Gasteiger charge is 2.31. The van der Waals surface area contributed by atoms with Crippen molar-refractivity contribution < 1.29 is 37.7 Å². The van der Waals surface area contributed by atoms with Crippen molar-refractivity contribution >= 4 is 5.91 Å². The number of carbonyl (C=O) groups excluding carboxylic acids is 1. The number of amides is 1. The van der Waals surface area contributed by atoms with Crippen LogP contribution in [0, 0.1) is 5.82 Å². The average molecular weight is 549 g/mol. The van der Waals surface area contributed by atoms with Gasteiger partial charge in [-0.1, -0.05) is 18.2 Å². The molecule has 0 radical (unpaired) electrons. The molecule has 0 aliphatic heterocycles. The fraction of sp³-hybridized carbons (Fsp3) is 0.345. The Hall–Kier alpha value is -3.47. The van der Waals surface area contributed by atoms with E-state index in [1.807, 2.05) is 19.9 Å². The molecule has 1 amide bonds. The number of aromatic hydroxyl groups is 1. The molecule has 3 aromatic carbocycles. The molecule has 5 N–H and O–H groups in total. The van der Waals surface area contributed by atoms with E-state index in [2.05, 4.69) is 10.6 Å². The first-order valence-corrected chi connectivity index (χ1v) is 12.4. The summed E-state index contributed by atoms with van der Waals surface area (Å²) in [5, 5.41) is 35.5. The second-order valence-corrected chi connectivity index (χ2v) is 10.1. The topological polar surface area (TPSA) is 102 Å². The molecule has 210 valence electrons. The van der Waals surface area contributed by atoms with Gasteiger partial charge in [0.1, 0.15) is 11.6 Å². The summed E-state index contributed by atoms with van der Waals surface area (Å²) in [6, 6.07) is 13.8. The van der Waals surface area contributed by atoms with E-state index in [4.69, 9.17) is 0 Å². The summed E-state index contributed by atoms with van der Waals surface area (Å²) in [7, 11) is 0. The van der Waals surface area contributed by atoms with Crippen LogP contribution in [0.5, 0.6) is 5.75 Å². The number of hydrogen-bond donors (Lipinski definition) is 5. The van der Waals surface area contributed by atoms with Gasteiger partial charge in [0.15, 0.2) is 0 Å². The molecule has 3 rings (SSSR count). The zero-order valence-corrected chi connectivity index (χ0v) is 21.6. The van der Waals surface area contributed by atoms with Crippen LogP contribution in [0.25, 0.3) is 0 Å². The highest BCUT2D eigenvalue weighted by atomic mass is 19.4. The molecule has 0 aromatic heterocycles. The maximum atomic E-state index is 13.6. The van der Waals surface area contributed by atoms with E-state index in [1.54, 1.807) is 30.3 Å². The molecule has 0 spiro atoms. The van der Waals surface area contributed by atoms with Crippen LogP contribution >= 0.6 is 0 Å². The number of rotatable bonds is 11. The third-order valence-corrected chi connectivity index (χ3v) is 6.25. The van der Waals surface area contributed by atoms with Crippen LogP contribution in [-0.4, -0.2) is 39.9 Å². The Morgan fingerprint density at radius 3 is 2.44 bits per heavy atom. The minimum Gasteiger partial charge on any atom is -0.508 e. The second-order valence-electron chi connectivity index (χ2n) is 10.1. The molecule has 0 saturated heterocycles. The highest BCUT2D eigenvalue weighted by Crippen LogP contribution is 2.30. The number of phenols is 1. The van der Waals surface area contributed by atoms with Crippen LogP contribution in [0.1, 0.15) is 58.1 Å². The summed E-state index contributed by atoms with van der Waals surface area (Å²) >= 11 is 0. The van der Waals surface area contributed by atoms with Crippen molar-refractivity contribution in [2.45, 2.75) is 51.1 Å². The SMILES string of the molecule is CC(C)(Cc1cccc(C(=O)NCCc2cc(F)cc(C(F)(F)F)c2)c1)NC[C@@H](O)c1ccc(O)c(CO)c1. The highest BCUT2D eigenvalue weighted by molar-refractivity contribution is 5.94. The Labute approximate surface area is 224 Å². The van der Waals surface area contributed by atoms with Crippen LogP contribution in [0.15, 0.2) is 60.7 Å². The summed E-state index contributed by atoms with van der Waals surface area (Å²) in [5.41, 5.74) is 0.681. The summed E-state index contributed by atoms with van der Waals surface area (Å²) in [4.78, 5) is 12.6. The number of halogens is 4. The third kappa shape index (κ3) is 8.77. The predicted octanol–water partition coefficient (Wildman–Crippen LogP) is 4.66. The monoisotopic (exact) mass is 548 g/mol. The van der Waals surface area contributed by atoms with Crippen molar-refractivity contribution in [3.05, 3.63) is 99.9 Å². The molecular weight excluding hydrogens is 516 g/mol. The van der Waals surface area contributed by atoms with Gasteiger partial charge in [-0.2, -0.15) is 13.2 Å². The first-order valence-electron chi connectivity index (χ1n) is 12.4. The lowest BCUT2D eigenvalue weighted by molar-refractivity contribution is -0.137. The number of benzene rings is 3. The van der Waals surface area contributed by atoms with E-state index < -0.39 is 35.1 Å². The standard InChI is InChI=1S/C29H32F4N2O4/c1-28(2,35-16-26(38)20-6-7-25(37)22(13-20)17-36)15-19-4-3-5-21(10-19)27(39)34-9-8-18-11-23(29(31,32)33)14-24(30)12-18/h3-7,10-14,26,35-38H,8-9,15-17H2,1-2H3,(H,34,39)/t26-/m1/s1. The Morgan fingerprint density at radius 1 is 1.00 bits per heavy atom. The van der Waals surface area contributed by atoms with Crippen molar-refractivity contribution in [1.29, 1.82) is 0 Å². The Kier molecular flexibility index (Phi) is 9.71. The summed E-state index contributed by atoms with van der Waals surface area (Å²) < 4.78 is 52.3. The molecule has 0 bridgehead atoms. The fourth-order valence-corrected chi connectivity index (χ4v) is 4.21. The molecule has 0 saturated carbocycles. The zero-order chi connectivity index (χ0) is 28.8. The summed E-state index contributed by atoms with van der Waals surface area (Å²) in [6.45, 7) is 3.77. The molecule has 1 atom stereocenters. The average Bonchev–Trinajstić information content (AvgIpc) is 2.86. The van der Waals surface area contributed by atoms with Gasteiger partial charge in [-0.15, -0.1) is 0 Å². The van der Waals surface area contributed by atoms with Gasteiger partial charge in [0, 0.05) is 29.8 Å². The molecular formula is C29H32F4N2O4. The van der Waals surface area contributed by atoms with Crippen molar-refractivity contribution in [1.82, 2.24) is 10.6 Å². The number of β-amino-alcohol motifs (C(OH)–C–C–N with tert-alkyl or cyclic N) is 1. The van der Waals surface area contributed by atoms with E-state index in [0.29, 0.717) is 29.2 Å². The molecule has 0 aliphatic rings. The number of aliphatic hydroxyl groups excluding tert-OH is 2. The van der Waals surface area contributed by atoms with Gasteiger partial charge in [-0.25, -0.2) is 4.39 Å². The molecule has 0 aliphatic carbocycles. The molecule has 0 heterocycles. The van der Waals surface area contributed by atoms with E-state index >= 15 is 0 Å². The number of alkyl halides is 3. The lowest BCUT2D eigenvalue weighted by atomic mass is 9.93. The molecule has 10 heteroatoms. The van der Waals surface area contributed by atoms with Gasteiger partial charge in [-0.05, 0) is 85.8 Å². The molecule has 3 aromatic rings. The van der Waals surface area contributed by atoms with Gasteiger partial charge < -0.3 is 26.0 Å². The second kappa shape index (κ2) is 12.6. The predicted molar refractivity (Wildman–Crippen MR) is 139 cm³/mol. The molecule has 6 nitrogen and oxygen atoms in total. The van der Waals surface area contributed by atoms with E-state index in [0.717, 1.165) is 17.7 Å². The maximum absolute atomic E-state index is 13.6. The quantitative estimate of drug-likeness (QED) is 0.225. The van der Waals surface area contributed by atoms with Crippen LogP contribution in [0.2, 0.25) is 0 Å². The molecule has 39 heavy (non-hydrogen) atoms. The van der Waals surface area contributed by atoms with Gasteiger partial charge >= 0.3 is 6.18 Å². The van der Waals surface area contributed by atoms with Crippen LogP contribution in [0.4, 0.5) is 17.6 Å². The Bertz CT molecular complexity index is 1290. The molecule has 0 fully saturated rings. The van der Waals surface area contributed by atoms with E-state index in [1.165, 1.54) is 6.07 Å². The Morgan fingerprint density at radius 2 is 1.74 bits per heavy atom. The lowest BCUT2D eigenvalue weighted by Crippen LogP contribution is -2.43. The number of hydrogen-bond acceptors (Lipinski definition) is 5. The Balaban J connectivity index is 1.55. The smallest absolute Gasteiger partial charge is 0.416 e. The van der Waals surface area contributed by atoms with Crippen molar-refractivity contribution in [2.75, 3.05) is 13.1 Å². The largest absolute Gasteiger partial charge is 0.508 e. The summed E-state index contributed by atoms with van der Waals surface area (Å²) in [6.07, 6.45) is -4.98. The minimum atomic E-state index is -4.66. The maximum Gasteiger partial charge on any atom is 0.416 e. The van der Waals surface area contributed by atoms with E-state index in [-0.39, 0.29) is 37.4 Å². The first kappa shape index (κ1) is 30.1. The van der Waals surface area contributed by atoms with Crippen LogP contribution < -0.4 is 10.6 Å². The summed E-state index contributed by atoms with van der Waals surface area (Å²) in [5.74, 6) is -1.44. The number of aliphatic hydroxyl groups is 2. The van der Waals surface area contributed by atoms with Gasteiger partial charge in [-0.3, -0.25) is 4.79 Å². The number of nitrogens with one attached hydrogen (secondary N) is 2. The molecule has 0 unspecified atom stereocenters. The van der Waals surface area contributed by atoms with Crippen LogP contribution in [0.3, 0.4) is 0 Å². The van der Waals surface area contributed by atoms with Crippen LogP contribution in [-0.2, 0) is 25.6 Å². The van der Waals surface area contributed by atoms with Gasteiger partial charge in [0.25, 0.3) is 5.91 Å². The number of carbonyl (C=O) groups is 1. The van der Waals surface area contributed by atoms with Crippen molar-refractivity contribution in [2.24, 2.45) is 0 Å². The lowest BCUT2D eigenvalue weighted by Gasteiger charge is -2.28. The third-order valence-electron chi connectivity index (χ3n) is 6.25. The zero-order valence-electron chi connectivity index (χ0n) is 21.6. The minimum absolute atomic E-state index is 0.0318.